The lowest BCUT2D eigenvalue weighted by atomic mass is 9.78. The van der Waals surface area contributed by atoms with Gasteiger partial charge in [0.15, 0.2) is 6.29 Å². The SMILES string of the molecule is C=C[C@H]1[C@H](O[C@@H]2O[C@H](CO)[C@@H](O)[C@H](O)[C@H]2O)OC=C(C(=O)OC)[C@H]1C[C@@H]1C[C@@H](O)C[C@H](CCc2ccc(O)cc2)O1. The number of aromatic hydroxyl groups is 1. The summed E-state index contributed by atoms with van der Waals surface area (Å²) >= 11 is 0. The molecule has 0 amide bonds. The quantitative estimate of drug-likeness (QED) is 0.164. The van der Waals surface area contributed by atoms with E-state index in [4.69, 9.17) is 23.7 Å². The van der Waals surface area contributed by atoms with Gasteiger partial charge in [0.05, 0.1) is 43.9 Å². The first-order valence-electron chi connectivity index (χ1n) is 13.8. The highest BCUT2D eigenvalue weighted by atomic mass is 16.8. The Morgan fingerprint density at radius 2 is 1.73 bits per heavy atom. The number of phenolic OH excluding ortho intramolecular Hbond substituents is 1. The molecule has 1 aromatic rings. The van der Waals surface area contributed by atoms with Gasteiger partial charge in [0.1, 0.15) is 30.2 Å². The van der Waals surface area contributed by atoms with Gasteiger partial charge in [-0.3, -0.25) is 0 Å². The number of ether oxygens (including phenoxy) is 5. The van der Waals surface area contributed by atoms with Gasteiger partial charge in [0.2, 0.25) is 6.29 Å². The summed E-state index contributed by atoms with van der Waals surface area (Å²) in [5, 5.41) is 60.4. The molecule has 2 fully saturated rings. The third-order valence-electron chi connectivity index (χ3n) is 7.98. The van der Waals surface area contributed by atoms with Crippen LogP contribution in [0.2, 0.25) is 0 Å². The molecule has 0 spiro atoms. The van der Waals surface area contributed by atoms with E-state index >= 15 is 0 Å². The monoisotopic (exact) mass is 580 g/mol. The molecule has 0 saturated carbocycles. The van der Waals surface area contributed by atoms with Crippen LogP contribution in [0.25, 0.3) is 0 Å². The summed E-state index contributed by atoms with van der Waals surface area (Å²) in [4.78, 5) is 12.7. The molecule has 0 radical (unpaired) electrons. The van der Waals surface area contributed by atoms with E-state index in [9.17, 15) is 35.4 Å². The summed E-state index contributed by atoms with van der Waals surface area (Å²) in [6.45, 7) is 3.27. The molecule has 41 heavy (non-hydrogen) atoms. The second kappa shape index (κ2) is 14.1. The molecule has 4 rings (SSSR count). The Kier molecular flexibility index (Phi) is 10.8. The molecular weight excluding hydrogens is 540 g/mol. The molecule has 0 bridgehead atoms. The summed E-state index contributed by atoms with van der Waals surface area (Å²) in [5.41, 5.74) is 1.25. The van der Waals surface area contributed by atoms with E-state index in [-0.39, 0.29) is 17.4 Å². The van der Waals surface area contributed by atoms with Crippen LogP contribution in [0.3, 0.4) is 0 Å². The lowest BCUT2D eigenvalue weighted by molar-refractivity contribution is -0.339. The predicted octanol–water partition coefficient (Wildman–Crippen LogP) is 0.272. The fraction of sp³-hybridized carbons (Fsp3) is 0.621. The Morgan fingerprint density at radius 1 is 1.02 bits per heavy atom. The van der Waals surface area contributed by atoms with Gasteiger partial charge in [-0.25, -0.2) is 4.79 Å². The summed E-state index contributed by atoms with van der Waals surface area (Å²) in [5.74, 6) is -1.67. The number of aryl methyl sites for hydroxylation is 1. The number of aliphatic hydroxyl groups is 5. The van der Waals surface area contributed by atoms with Gasteiger partial charge >= 0.3 is 5.97 Å². The van der Waals surface area contributed by atoms with Crippen LogP contribution in [0, 0.1) is 11.8 Å². The number of esters is 1. The molecule has 3 heterocycles. The van der Waals surface area contributed by atoms with Crippen LogP contribution in [0.4, 0.5) is 0 Å². The lowest BCUT2D eigenvalue weighted by Gasteiger charge is -2.43. The minimum atomic E-state index is -1.64. The van der Waals surface area contributed by atoms with Crippen molar-refractivity contribution >= 4 is 5.97 Å². The van der Waals surface area contributed by atoms with E-state index < -0.39 is 73.6 Å². The Hall–Kier alpha value is -2.55. The van der Waals surface area contributed by atoms with Crippen molar-refractivity contribution in [3.05, 3.63) is 54.3 Å². The molecule has 12 heteroatoms. The van der Waals surface area contributed by atoms with Crippen molar-refractivity contribution in [2.24, 2.45) is 11.8 Å². The Bertz CT molecular complexity index is 1040. The second-order valence-electron chi connectivity index (χ2n) is 10.8. The van der Waals surface area contributed by atoms with Crippen molar-refractivity contribution in [1.29, 1.82) is 0 Å². The molecule has 3 aliphatic heterocycles. The van der Waals surface area contributed by atoms with Gasteiger partial charge in [0, 0.05) is 11.8 Å². The molecule has 1 aromatic carbocycles. The zero-order valence-electron chi connectivity index (χ0n) is 22.9. The molecule has 3 aliphatic rings. The number of benzene rings is 1. The molecule has 228 valence electrons. The first-order chi connectivity index (χ1) is 19.6. The van der Waals surface area contributed by atoms with Crippen LogP contribution in [0.1, 0.15) is 31.2 Å². The van der Waals surface area contributed by atoms with Gasteiger partial charge in [0.25, 0.3) is 0 Å². The van der Waals surface area contributed by atoms with Crippen LogP contribution in [0.15, 0.2) is 48.8 Å². The average Bonchev–Trinajstić information content (AvgIpc) is 2.96. The molecule has 2 saturated heterocycles. The number of hydrogen-bond donors (Lipinski definition) is 6. The highest BCUT2D eigenvalue weighted by Gasteiger charge is 2.48. The van der Waals surface area contributed by atoms with Crippen molar-refractivity contribution in [3.63, 3.8) is 0 Å². The molecule has 0 aromatic heterocycles. The zero-order valence-corrected chi connectivity index (χ0v) is 22.9. The third-order valence-corrected chi connectivity index (χ3v) is 7.98. The maximum absolute atomic E-state index is 12.7. The Balaban J connectivity index is 1.47. The second-order valence-corrected chi connectivity index (χ2v) is 10.8. The molecule has 12 nitrogen and oxygen atoms in total. The van der Waals surface area contributed by atoms with Gasteiger partial charge in [-0.2, -0.15) is 0 Å². The molecule has 0 aliphatic carbocycles. The lowest BCUT2D eigenvalue weighted by Crippen LogP contribution is -2.60. The molecule has 0 unspecified atom stereocenters. The summed E-state index contributed by atoms with van der Waals surface area (Å²) < 4.78 is 28.4. The maximum Gasteiger partial charge on any atom is 0.337 e. The normalized spacial score (nSPS) is 37.5. The zero-order chi connectivity index (χ0) is 29.7. The number of carbonyl (C=O) groups is 1. The number of methoxy groups -OCH3 is 1. The van der Waals surface area contributed by atoms with E-state index in [1.165, 1.54) is 19.4 Å². The average molecular weight is 581 g/mol. The van der Waals surface area contributed by atoms with Crippen LogP contribution in [-0.4, -0.2) is 106 Å². The van der Waals surface area contributed by atoms with Gasteiger partial charge in [-0.15, -0.1) is 6.58 Å². The van der Waals surface area contributed by atoms with E-state index in [0.29, 0.717) is 32.1 Å². The van der Waals surface area contributed by atoms with Crippen molar-refractivity contribution in [3.8, 4) is 5.75 Å². The van der Waals surface area contributed by atoms with Crippen molar-refractivity contribution < 1.29 is 59.1 Å². The van der Waals surface area contributed by atoms with Crippen molar-refractivity contribution in [1.82, 2.24) is 0 Å². The summed E-state index contributed by atoms with van der Waals surface area (Å²) in [7, 11) is 1.25. The molecule has 11 atom stereocenters. The number of rotatable bonds is 10. The van der Waals surface area contributed by atoms with Crippen molar-refractivity contribution in [2.45, 2.75) is 87.4 Å². The highest BCUT2D eigenvalue weighted by Crippen LogP contribution is 2.40. The number of aliphatic hydroxyl groups excluding tert-OH is 5. The van der Waals surface area contributed by atoms with Crippen LogP contribution >= 0.6 is 0 Å². The number of phenols is 1. The standard InChI is InChI=1S/C29H40O12/c1-3-20-21(12-19-11-17(32)10-18(39-19)9-6-15-4-7-16(31)8-5-15)22(27(36)37-2)14-38-28(20)41-29-26(35)25(34)24(33)23(13-30)40-29/h3-5,7-8,14,17-21,23-26,28-35H,1,6,9-13H2,2H3/t17-,18-,19-,20+,21-,23+,24+,25-,26+,28-,29-/m0/s1. The van der Waals surface area contributed by atoms with Gasteiger partial charge in [-0.05, 0) is 49.8 Å². The highest BCUT2D eigenvalue weighted by molar-refractivity contribution is 5.89. The minimum Gasteiger partial charge on any atom is -0.508 e. The largest absolute Gasteiger partial charge is 0.508 e. The third kappa shape index (κ3) is 7.46. The summed E-state index contributed by atoms with van der Waals surface area (Å²) in [6, 6.07) is 6.93. The van der Waals surface area contributed by atoms with Gasteiger partial charge in [-0.1, -0.05) is 18.2 Å². The smallest absolute Gasteiger partial charge is 0.337 e. The number of carbonyl (C=O) groups excluding carboxylic acids is 1. The summed E-state index contributed by atoms with van der Waals surface area (Å²) in [6.07, 6.45) is -4.61. The van der Waals surface area contributed by atoms with E-state index in [0.717, 1.165) is 5.56 Å². The molecule has 6 N–H and O–H groups in total. The van der Waals surface area contributed by atoms with E-state index in [1.54, 1.807) is 12.1 Å². The van der Waals surface area contributed by atoms with Crippen LogP contribution in [-0.2, 0) is 34.9 Å². The fourth-order valence-electron chi connectivity index (χ4n) is 5.72. The van der Waals surface area contributed by atoms with Crippen molar-refractivity contribution in [2.75, 3.05) is 13.7 Å². The van der Waals surface area contributed by atoms with Gasteiger partial charge < -0.3 is 54.3 Å². The fourth-order valence-corrected chi connectivity index (χ4v) is 5.72. The minimum absolute atomic E-state index is 0.190. The first-order valence-corrected chi connectivity index (χ1v) is 13.8. The van der Waals surface area contributed by atoms with Crippen LogP contribution < -0.4 is 0 Å². The molecular formula is C29H40O12. The topological polar surface area (TPSA) is 185 Å². The number of hydrogen-bond acceptors (Lipinski definition) is 12. The van der Waals surface area contributed by atoms with Crippen LogP contribution in [0.5, 0.6) is 5.75 Å². The van der Waals surface area contributed by atoms with E-state index in [2.05, 4.69) is 6.58 Å². The Morgan fingerprint density at radius 3 is 2.39 bits per heavy atom. The maximum atomic E-state index is 12.7. The Labute approximate surface area is 238 Å². The van der Waals surface area contributed by atoms with E-state index in [1.807, 2.05) is 12.1 Å². The first kappa shape index (κ1) is 31.4. The predicted molar refractivity (Wildman–Crippen MR) is 142 cm³/mol.